The number of hydrogen-bond acceptors (Lipinski definition) is 4. The summed E-state index contributed by atoms with van der Waals surface area (Å²) in [5, 5.41) is 13.6. The van der Waals surface area contributed by atoms with E-state index in [1.807, 2.05) is 30.3 Å². The summed E-state index contributed by atoms with van der Waals surface area (Å²) in [5.74, 6) is -1.13. The maximum Gasteiger partial charge on any atom is 0.341 e. The molecule has 0 fully saturated rings. The molecule has 0 spiro atoms. The van der Waals surface area contributed by atoms with E-state index in [1.54, 1.807) is 0 Å². The van der Waals surface area contributed by atoms with E-state index in [1.165, 1.54) is 0 Å². The van der Waals surface area contributed by atoms with Gasteiger partial charge in [0, 0.05) is 11.8 Å². The molecule has 6 heteroatoms. The van der Waals surface area contributed by atoms with E-state index in [2.05, 4.69) is 10.1 Å². The maximum absolute atomic E-state index is 11.1. The minimum absolute atomic E-state index is 0.0610. The number of rotatable bonds is 2. The fraction of sp³-hybridized carbons (Fsp3) is 0. The Morgan fingerprint density at radius 2 is 2.00 bits per heavy atom. The lowest BCUT2D eigenvalue weighted by Crippen LogP contribution is -1.98. The van der Waals surface area contributed by atoms with Crippen molar-refractivity contribution in [1.82, 2.24) is 10.1 Å². The standard InChI is InChI=1S/C13H7ClN2O3/c14-12-9-10(7-4-2-1-3-5-7)16-19-11(9)8(6-15-12)13(17)18/h1-6H,(H,17,18). The molecule has 19 heavy (non-hydrogen) atoms. The van der Waals surface area contributed by atoms with Gasteiger partial charge in [0.2, 0.25) is 0 Å². The second kappa shape index (κ2) is 4.37. The van der Waals surface area contributed by atoms with Gasteiger partial charge in [-0.3, -0.25) is 0 Å². The van der Waals surface area contributed by atoms with Gasteiger partial charge in [-0.2, -0.15) is 0 Å². The molecule has 5 nitrogen and oxygen atoms in total. The molecule has 1 aromatic carbocycles. The highest BCUT2D eigenvalue weighted by molar-refractivity contribution is 6.35. The predicted molar refractivity (Wildman–Crippen MR) is 69.2 cm³/mol. The summed E-state index contributed by atoms with van der Waals surface area (Å²) in [5.41, 5.74) is 1.34. The fourth-order valence-electron chi connectivity index (χ4n) is 1.86. The van der Waals surface area contributed by atoms with E-state index >= 15 is 0 Å². The number of hydrogen-bond donors (Lipinski definition) is 1. The molecular weight excluding hydrogens is 268 g/mol. The first-order chi connectivity index (χ1) is 9.18. The molecule has 0 radical (unpaired) electrons. The average Bonchev–Trinajstić information content (AvgIpc) is 2.85. The summed E-state index contributed by atoms with van der Waals surface area (Å²) in [6.45, 7) is 0. The minimum atomic E-state index is -1.13. The summed E-state index contributed by atoms with van der Waals surface area (Å²) in [7, 11) is 0. The largest absolute Gasteiger partial charge is 0.477 e. The smallest absolute Gasteiger partial charge is 0.341 e. The van der Waals surface area contributed by atoms with Crippen molar-refractivity contribution in [1.29, 1.82) is 0 Å². The lowest BCUT2D eigenvalue weighted by Gasteiger charge is -1.99. The van der Waals surface area contributed by atoms with Gasteiger partial charge < -0.3 is 9.63 Å². The molecule has 94 valence electrons. The number of fused-ring (bicyclic) bond motifs is 1. The zero-order valence-corrected chi connectivity index (χ0v) is 10.3. The Bertz CT molecular complexity index is 768. The molecule has 2 heterocycles. The molecule has 0 bridgehead atoms. The molecule has 2 aromatic heterocycles. The average molecular weight is 275 g/mol. The summed E-state index contributed by atoms with van der Waals surface area (Å²) < 4.78 is 5.12. The number of pyridine rings is 1. The molecule has 0 aliphatic heterocycles. The van der Waals surface area contributed by atoms with Crippen molar-refractivity contribution < 1.29 is 14.4 Å². The Balaban J connectivity index is 2.35. The van der Waals surface area contributed by atoms with Crippen LogP contribution in [0, 0.1) is 0 Å². The zero-order valence-electron chi connectivity index (χ0n) is 9.50. The monoisotopic (exact) mass is 274 g/mol. The van der Waals surface area contributed by atoms with Gasteiger partial charge in [0.05, 0.1) is 5.39 Å². The SMILES string of the molecule is O=C(O)c1cnc(Cl)c2c(-c3ccccc3)noc12. The highest BCUT2D eigenvalue weighted by Crippen LogP contribution is 2.33. The number of halogens is 1. The number of carbonyl (C=O) groups is 1. The van der Waals surface area contributed by atoms with Crippen molar-refractivity contribution in [3.8, 4) is 11.3 Å². The van der Waals surface area contributed by atoms with Crippen LogP contribution in [0.25, 0.3) is 22.2 Å². The third-order valence-electron chi connectivity index (χ3n) is 2.73. The van der Waals surface area contributed by atoms with Gasteiger partial charge in [0.15, 0.2) is 5.58 Å². The summed E-state index contributed by atoms with van der Waals surface area (Å²) >= 11 is 6.03. The highest BCUT2D eigenvalue weighted by atomic mass is 35.5. The molecule has 0 aliphatic carbocycles. The first kappa shape index (κ1) is 11.7. The van der Waals surface area contributed by atoms with E-state index in [4.69, 9.17) is 21.2 Å². The van der Waals surface area contributed by atoms with Crippen molar-refractivity contribution in [2.45, 2.75) is 0 Å². The number of carboxylic acids is 1. The molecule has 0 saturated heterocycles. The van der Waals surface area contributed by atoms with Gasteiger partial charge >= 0.3 is 5.97 Å². The molecule has 3 rings (SSSR count). The highest BCUT2D eigenvalue weighted by Gasteiger charge is 2.20. The fourth-order valence-corrected chi connectivity index (χ4v) is 2.08. The summed E-state index contributed by atoms with van der Waals surface area (Å²) in [6.07, 6.45) is 1.16. The minimum Gasteiger partial charge on any atom is -0.477 e. The van der Waals surface area contributed by atoms with Gasteiger partial charge in [-0.1, -0.05) is 47.1 Å². The van der Waals surface area contributed by atoms with Crippen LogP contribution in [0.15, 0.2) is 41.1 Å². The predicted octanol–water partition coefficient (Wildman–Crippen LogP) is 3.24. The third-order valence-corrected chi connectivity index (χ3v) is 3.01. The second-order valence-corrected chi connectivity index (χ2v) is 4.23. The second-order valence-electron chi connectivity index (χ2n) is 3.87. The molecule has 0 aliphatic rings. The van der Waals surface area contributed by atoms with Crippen molar-refractivity contribution in [3.63, 3.8) is 0 Å². The van der Waals surface area contributed by atoms with Crippen molar-refractivity contribution in [2.75, 3.05) is 0 Å². The Hall–Kier alpha value is -2.40. The van der Waals surface area contributed by atoms with E-state index in [9.17, 15) is 4.79 Å². The van der Waals surface area contributed by atoms with E-state index in [-0.39, 0.29) is 16.3 Å². The van der Waals surface area contributed by atoms with Crippen LogP contribution < -0.4 is 0 Å². The van der Waals surface area contributed by atoms with Crippen molar-refractivity contribution >= 4 is 28.5 Å². The van der Waals surface area contributed by atoms with Crippen LogP contribution in [0.2, 0.25) is 5.15 Å². The maximum atomic E-state index is 11.1. The number of carboxylic acid groups (broad SMARTS) is 1. The first-order valence-electron chi connectivity index (χ1n) is 5.41. The number of nitrogens with zero attached hydrogens (tertiary/aromatic N) is 2. The van der Waals surface area contributed by atoms with Crippen LogP contribution in [0.3, 0.4) is 0 Å². The van der Waals surface area contributed by atoms with Crippen LogP contribution in [0.5, 0.6) is 0 Å². The molecule has 0 unspecified atom stereocenters. The molecule has 3 aromatic rings. The lowest BCUT2D eigenvalue weighted by molar-refractivity contribution is 0.0697. The quantitative estimate of drug-likeness (QED) is 0.726. The van der Waals surface area contributed by atoms with Gasteiger partial charge in [-0.15, -0.1) is 0 Å². The molecular formula is C13H7ClN2O3. The zero-order chi connectivity index (χ0) is 13.4. The molecule has 0 atom stereocenters. The lowest BCUT2D eigenvalue weighted by atomic mass is 10.1. The van der Waals surface area contributed by atoms with Gasteiger partial charge in [-0.25, -0.2) is 9.78 Å². The number of aromatic nitrogens is 2. The van der Waals surface area contributed by atoms with Gasteiger partial charge in [0.25, 0.3) is 0 Å². The normalized spacial score (nSPS) is 10.8. The molecule has 1 N–H and O–H groups in total. The Kier molecular flexibility index (Phi) is 2.68. The van der Waals surface area contributed by atoms with Crippen molar-refractivity contribution in [2.24, 2.45) is 0 Å². The van der Waals surface area contributed by atoms with Crippen LogP contribution in [0.1, 0.15) is 10.4 Å². The van der Waals surface area contributed by atoms with Crippen LogP contribution in [-0.4, -0.2) is 21.2 Å². The Labute approximate surface area is 112 Å². The van der Waals surface area contributed by atoms with E-state index in [0.29, 0.717) is 11.1 Å². The van der Waals surface area contributed by atoms with Crippen LogP contribution in [-0.2, 0) is 0 Å². The third kappa shape index (κ3) is 1.84. The van der Waals surface area contributed by atoms with Crippen LogP contribution >= 0.6 is 11.6 Å². The summed E-state index contributed by atoms with van der Waals surface area (Å²) in [4.78, 5) is 15.0. The van der Waals surface area contributed by atoms with E-state index in [0.717, 1.165) is 11.8 Å². The number of aromatic carboxylic acids is 1. The summed E-state index contributed by atoms with van der Waals surface area (Å²) in [6, 6.07) is 9.23. The van der Waals surface area contributed by atoms with Gasteiger partial charge in [-0.05, 0) is 0 Å². The Morgan fingerprint density at radius 3 is 2.68 bits per heavy atom. The van der Waals surface area contributed by atoms with E-state index < -0.39 is 5.97 Å². The van der Waals surface area contributed by atoms with Gasteiger partial charge in [0.1, 0.15) is 16.4 Å². The molecule has 0 saturated carbocycles. The number of benzene rings is 1. The van der Waals surface area contributed by atoms with Crippen molar-refractivity contribution in [3.05, 3.63) is 47.2 Å². The van der Waals surface area contributed by atoms with Crippen LogP contribution in [0.4, 0.5) is 0 Å². The first-order valence-corrected chi connectivity index (χ1v) is 5.79. The topological polar surface area (TPSA) is 76.2 Å². The molecule has 0 amide bonds. The Morgan fingerprint density at radius 1 is 1.26 bits per heavy atom.